The fourth-order valence-electron chi connectivity index (χ4n) is 2.54. The summed E-state index contributed by atoms with van der Waals surface area (Å²) in [5.74, 6) is -0.107. The molecule has 0 amide bonds. The van der Waals surface area contributed by atoms with E-state index in [2.05, 4.69) is 30.0 Å². The molecule has 1 aromatic carbocycles. The first-order valence-electron chi connectivity index (χ1n) is 7.73. The maximum absolute atomic E-state index is 10.5. The number of aromatic nitrogens is 1. The minimum atomic E-state index is -0.107. The largest absolute Gasteiger partial charge is 0.504 e. The number of hydrogen-bond donors (Lipinski definition) is 5. The zero-order valence-corrected chi connectivity index (χ0v) is 15.0. The fraction of sp³-hybridized carbons (Fsp3) is 0. The van der Waals surface area contributed by atoms with E-state index < -0.39 is 0 Å². The van der Waals surface area contributed by atoms with E-state index in [-0.39, 0.29) is 10.8 Å². The zero-order valence-electron chi connectivity index (χ0n) is 14.2. The highest BCUT2D eigenvalue weighted by molar-refractivity contribution is 6.34. The van der Waals surface area contributed by atoms with E-state index in [1.165, 1.54) is 12.4 Å². The number of nitrogens with two attached hydrogens (primary N) is 2. The first-order chi connectivity index (χ1) is 12.5. The molecule has 7 N–H and O–H groups in total. The van der Waals surface area contributed by atoms with Gasteiger partial charge in [-0.05, 0) is 24.4 Å². The summed E-state index contributed by atoms with van der Waals surface area (Å²) in [6.07, 6.45) is 11.3. The van der Waals surface area contributed by atoms with Gasteiger partial charge in [-0.15, -0.1) is 0 Å². The molecule has 2 aromatic rings. The highest BCUT2D eigenvalue weighted by Gasteiger charge is 2.18. The number of nitrogens with one attached hydrogen (secondary N) is 2. The maximum Gasteiger partial charge on any atom is 0.159 e. The van der Waals surface area contributed by atoms with Crippen LogP contribution in [0.1, 0.15) is 11.3 Å². The molecule has 0 aliphatic carbocycles. The third-order valence-electron chi connectivity index (χ3n) is 3.78. The number of phenolic OH excluding ortho intramolecular Hbond substituents is 1. The summed E-state index contributed by atoms with van der Waals surface area (Å²) in [5.41, 5.74) is 14.9. The van der Waals surface area contributed by atoms with Crippen molar-refractivity contribution in [3.05, 3.63) is 84.0 Å². The highest BCUT2D eigenvalue weighted by atomic mass is 35.5. The van der Waals surface area contributed by atoms with E-state index in [0.717, 1.165) is 16.6 Å². The van der Waals surface area contributed by atoms with Crippen molar-refractivity contribution in [3.63, 3.8) is 0 Å². The number of hydrogen-bond acceptors (Lipinski definition) is 4. The van der Waals surface area contributed by atoms with Crippen LogP contribution >= 0.6 is 11.6 Å². The second kappa shape index (κ2) is 8.18. The second-order valence-corrected chi connectivity index (χ2v) is 5.75. The molecule has 0 bridgehead atoms. The smallest absolute Gasteiger partial charge is 0.159 e. The Morgan fingerprint density at radius 2 is 2.04 bits per heavy atom. The van der Waals surface area contributed by atoms with E-state index in [0.29, 0.717) is 22.5 Å². The summed E-state index contributed by atoms with van der Waals surface area (Å²) in [6, 6.07) is 1.66. The molecular weight excluding hydrogens is 348 g/mol. The Kier molecular flexibility index (Phi) is 5.98. The van der Waals surface area contributed by atoms with E-state index in [1.54, 1.807) is 36.4 Å². The number of anilines is 1. The van der Waals surface area contributed by atoms with Gasteiger partial charge in [0.05, 0.1) is 10.5 Å². The lowest BCUT2D eigenvalue weighted by molar-refractivity contribution is 0.478. The Balaban J connectivity index is 2.64. The summed E-state index contributed by atoms with van der Waals surface area (Å²) in [6.45, 7) is 11.4. The van der Waals surface area contributed by atoms with Crippen molar-refractivity contribution < 1.29 is 5.11 Å². The number of H-pyrrole nitrogens is 1. The lowest BCUT2D eigenvalue weighted by Crippen LogP contribution is -2.03. The molecule has 0 unspecified atom stereocenters. The Labute approximate surface area is 157 Å². The summed E-state index contributed by atoms with van der Waals surface area (Å²) >= 11 is 6.22. The van der Waals surface area contributed by atoms with Crippen LogP contribution in [0.15, 0.2) is 67.7 Å². The Morgan fingerprint density at radius 1 is 1.31 bits per heavy atom. The Morgan fingerprint density at radius 3 is 2.62 bits per heavy atom. The quantitative estimate of drug-likeness (QED) is 0.364. The summed E-state index contributed by atoms with van der Waals surface area (Å²) in [5, 5.41) is 14.5. The van der Waals surface area contributed by atoms with Crippen LogP contribution in [-0.2, 0) is 0 Å². The van der Waals surface area contributed by atoms with E-state index in [9.17, 15) is 5.11 Å². The van der Waals surface area contributed by atoms with Crippen LogP contribution in [0.25, 0.3) is 23.1 Å². The summed E-state index contributed by atoms with van der Waals surface area (Å²) in [4.78, 5) is 3.21. The van der Waals surface area contributed by atoms with Crippen molar-refractivity contribution in [3.8, 4) is 5.75 Å². The molecule has 0 atom stereocenters. The molecule has 1 heterocycles. The molecule has 0 aliphatic rings. The molecule has 5 nitrogen and oxygen atoms in total. The third kappa shape index (κ3) is 3.53. The fourth-order valence-corrected chi connectivity index (χ4v) is 2.74. The third-order valence-corrected chi connectivity index (χ3v) is 4.06. The predicted octanol–water partition coefficient (Wildman–Crippen LogP) is 4.61. The SMILES string of the molecule is C=C/C=C\C(=C/N)C(=C)Nc1c(O)c(Cl)cc2c(/C=C\N)c(C=C)[nH]c12. The molecular formula is C20H21ClN4O. The Bertz CT molecular complexity index is 964. The molecule has 134 valence electrons. The van der Waals surface area contributed by atoms with Gasteiger partial charge in [0.1, 0.15) is 5.69 Å². The van der Waals surface area contributed by atoms with Gasteiger partial charge in [0, 0.05) is 34.1 Å². The summed E-state index contributed by atoms with van der Waals surface area (Å²) in [7, 11) is 0. The molecule has 0 fully saturated rings. The zero-order chi connectivity index (χ0) is 19.3. The van der Waals surface area contributed by atoms with Crippen LogP contribution in [0.4, 0.5) is 5.69 Å². The van der Waals surface area contributed by atoms with Crippen molar-refractivity contribution in [2.45, 2.75) is 0 Å². The first kappa shape index (κ1) is 19.0. The van der Waals surface area contributed by atoms with Gasteiger partial charge >= 0.3 is 0 Å². The normalized spacial score (nSPS) is 12.1. The molecule has 2 rings (SSSR count). The standard InChI is InChI=1S/C20H21ClN4O/c1-4-6-7-13(11-23)12(3)24-19-18-15(10-16(21)20(19)26)14(8-9-22)17(5-2)25-18/h4-11,24-26H,1-3,22-23H2/b7-6-,9-8-,13-11+. The number of fused-ring (bicyclic) bond motifs is 1. The summed E-state index contributed by atoms with van der Waals surface area (Å²) < 4.78 is 0. The number of benzene rings is 1. The van der Waals surface area contributed by atoms with Crippen LogP contribution in [0.5, 0.6) is 5.75 Å². The minimum Gasteiger partial charge on any atom is -0.504 e. The highest BCUT2D eigenvalue weighted by Crippen LogP contribution is 2.42. The van der Waals surface area contributed by atoms with Crippen molar-refractivity contribution in [2.24, 2.45) is 11.5 Å². The molecule has 0 radical (unpaired) electrons. The Hall–Kier alpha value is -3.31. The predicted molar refractivity (Wildman–Crippen MR) is 113 cm³/mol. The molecule has 6 heteroatoms. The van der Waals surface area contributed by atoms with E-state index in [4.69, 9.17) is 23.1 Å². The monoisotopic (exact) mass is 368 g/mol. The topological polar surface area (TPSA) is 100 Å². The van der Waals surface area contributed by atoms with Crippen molar-refractivity contribution in [2.75, 3.05) is 5.32 Å². The molecule has 0 spiro atoms. The van der Waals surface area contributed by atoms with Crippen LogP contribution in [0.3, 0.4) is 0 Å². The van der Waals surface area contributed by atoms with Gasteiger partial charge in [-0.3, -0.25) is 0 Å². The van der Waals surface area contributed by atoms with Gasteiger partial charge in [-0.1, -0.05) is 49.6 Å². The molecule has 1 aromatic heterocycles. The second-order valence-electron chi connectivity index (χ2n) is 5.34. The van der Waals surface area contributed by atoms with Crippen molar-refractivity contribution in [1.29, 1.82) is 0 Å². The maximum atomic E-state index is 10.5. The number of aromatic amines is 1. The van der Waals surface area contributed by atoms with Gasteiger partial charge in [-0.2, -0.15) is 0 Å². The number of rotatable bonds is 7. The van der Waals surface area contributed by atoms with Gasteiger partial charge in [-0.25, -0.2) is 0 Å². The number of halogens is 1. The first-order valence-corrected chi connectivity index (χ1v) is 8.11. The molecule has 0 aliphatic heterocycles. The van der Waals surface area contributed by atoms with Gasteiger partial charge in [0.15, 0.2) is 5.75 Å². The van der Waals surface area contributed by atoms with E-state index in [1.807, 2.05) is 0 Å². The van der Waals surface area contributed by atoms with Gasteiger partial charge in [0.2, 0.25) is 0 Å². The minimum absolute atomic E-state index is 0.107. The lowest BCUT2D eigenvalue weighted by atomic mass is 10.1. The van der Waals surface area contributed by atoms with Crippen LogP contribution in [0.2, 0.25) is 5.02 Å². The molecule has 26 heavy (non-hydrogen) atoms. The van der Waals surface area contributed by atoms with Crippen LogP contribution < -0.4 is 16.8 Å². The average Bonchev–Trinajstić information content (AvgIpc) is 2.97. The van der Waals surface area contributed by atoms with Crippen LogP contribution in [0, 0.1) is 0 Å². The van der Waals surface area contributed by atoms with Crippen molar-refractivity contribution >= 4 is 40.3 Å². The van der Waals surface area contributed by atoms with Gasteiger partial charge in [0.25, 0.3) is 0 Å². The number of aromatic hydroxyl groups is 1. The lowest BCUT2D eigenvalue weighted by Gasteiger charge is -2.14. The number of allylic oxidation sites excluding steroid dienone is 3. The van der Waals surface area contributed by atoms with Crippen molar-refractivity contribution in [1.82, 2.24) is 4.98 Å². The van der Waals surface area contributed by atoms with Gasteiger partial charge < -0.3 is 26.9 Å². The van der Waals surface area contributed by atoms with Crippen LogP contribution in [-0.4, -0.2) is 10.1 Å². The average molecular weight is 369 g/mol. The molecule has 0 saturated carbocycles. The number of phenols is 1. The van der Waals surface area contributed by atoms with E-state index >= 15 is 0 Å². The molecule has 0 saturated heterocycles.